The van der Waals surface area contributed by atoms with E-state index in [0.29, 0.717) is 63.2 Å². The zero-order chi connectivity index (χ0) is 21.2. The highest BCUT2D eigenvalue weighted by atomic mass is 32.2. The number of benzene rings is 1. The minimum Gasteiger partial charge on any atom is -0.377 e. The molecule has 2 aliphatic rings. The van der Waals surface area contributed by atoms with Crippen molar-refractivity contribution in [3.63, 3.8) is 0 Å². The first-order valence-electron chi connectivity index (χ1n) is 10.1. The maximum absolute atomic E-state index is 13.5. The van der Waals surface area contributed by atoms with E-state index in [4.69, 9.17) is 14.0 Å². The highest BCUT2D eigenvalue weighted by molar-refractivity contribution is 7.89. The molecule has 2 aliphatic heterocycles. The molecule has 2 saturated heterocycles. The SMILES string of the molecule is COCc1noc(CC2CCOC3(CCN(S(=O)(=O)c4cccc(F)c4)CC3)C2)n1. The lowest BCUT2D eigenvalue weighted by molar-refractivity contribution is -0.121. The van der Waals surface area contributed by atoms with E-state index in [1.165, 1.54) is 22.5 Å². The van der Waals surface area contributed by atoms with Crippen LogP contribution in [0.25, 0.3) is 0 Å². The summed E-state index contributed by atoms with van der Waals surface area (Å²) in [5, 5.41) is 3.90. The van der Waals surface area contributed by atoms with E-state index in [1.54, 1.807) is 7.11 Å². The van der Waals surface area contributed by atoms with Gasteiger partial charge in [0, 0.05) is 33.2 Å². The van der Waals surface area contributed by atoms with Gasteiger partial charge >= 0.3 is 0 Å². The number of ether oxygens (including phenoxy) is 2. The molecular weight excluding hydrogens is 413 g/mol. The fourth-order valence-electron chi connectivity index (χ4n) is 4.37. The van der Waals surface area contributed by atoms with Crippen molar-refractivity contribution in [2.45, 2.75) is 49.2 Å². The van der Waals surface area contributed by atoms with Crippen LogP contribution in [0.4, 0.5) is 4.39 Å². The van der Waals surface area contributed by atoms with Crippen LogP contribution in [0, 0.1) is 11.7 Å². The summed E-state index contributed by atoms with van der Waals surface area (Å²) >= 11 is 0. The van der Waals surface area contributed by atoms with E-state index < -0.39 is 15.8 Å². The van der Waals surface area contributed by atoms with Gasteiger partial charge in [-0.05, 0) is 49.8 Å². The quantitative estimate of drug-likeness (QED) is 0.683. The number of hydrogen-bond acceptors (Lipinski definition) is 7. The monoisotopic (exact) mass is 439 g/mol. The van der Waals surface area contributed by atoms with Crippen LogP contribution >= 0.6 is 0 Å². The molecule has 2 aromatic rings. The van der Waals surface area contributed by atoms with Crippen LogP contribution in [0.2, 0.25) is 0 Å². The predicted molar refractivity (Wildman–Crippen MR) is 105 cm³/mol. The molecule has 0 N–H and O–H groups in total. The molecular formula is C20H26FN3O5S. The Hall–Kier alpha value is -1.88. The lowest BCUT2D eigenvalue weighted by Crippen LogP contribution is -2.50. The highest BCUT2D eigenvalue weighted by Crippen LogP contribution is 2.39. The lowest BCUT2D eigenvalue weighted by Gasteiger charge is -2.45. The van der Waals surface area contributed by atoms with Crippen molar-refractivity contribution < 1.29 is 26.8 Å². The third-order valence-electron chi connectivity index (χ3n) is 5.91. The van der Waals surface area contributed by atoms with Crippen LogP contribution in [0.5, 0.6) is 0 Å². The molecule has 4 rings (SSSR count). The van der Waals surface area contributed by atoms with Gasteiger partial charge < -0.3 is 14.0 Å². The third-order valence-corrected chi connectivity index (χ3v) is 7.80. The minimum atomic E-state index is -3.71. The molecule has 0 saturated carbocycles. The highest BCUT2D eigenvalue weighted by Gasteiger charge is 2.43. The molecule has 1 aromatic carbocycles. The zero-order valence-corrected chi connectivity index (χ0v) is 17.7. The summed E-state index contributed by atoms with van der Waals surface area (Å²) < 4.78 is 57.1. The van der Waals surface area contributed by atoms with E-state index in [0.717, 1.165) is 18.9 Å². The number of hydrogen-bond donors (Lipinski definition) is 0. The minimum absolute atomic E-state index is 0.0101. The van der Waals surface area contributed by atoms with E-state index >= 15 is 0 Å². The maximum Gasteiger partial charge on any atom is 0.243 e. The largest absolute Gasteiger partial charge is 0.377 e. The van der Waals surface area contributed by atoms with Gasteiger partial charge in [-0.15, -0.1) is 0 Å². The van der Waals surface area contributed by atoms with Gasteiger partial charge in [-0.2, -0.15) is 9.29 Å². The van der Waals surface area contributed by atoms with Crippen LogP contribution in [0.1, 0.15) is 37.4 Å². The molecule has 0 radical (unpaired) electrons. The fourth-order valence-corrected chi connectivity index (χ4v) is 5.84. The van der Waals surface area contributed by atoms with Crippen molar-refractivity contribution in [2.75, 3.05) is 26.8 Å². The average molecular weight is 440 g/mol. The van der Waals surface area contributed by atoms with Gasteiger partial charge in [-0.3, -0.25) is 0 Å². The van der Waals surface area contributed by atoms with Crippen molar-refractivity contribution >= 4 is 10.0 Å². The molecule has 8 nitrogen and oxygen atoms in total. The number of nitrogens with zero attached hydrogens (tertiary/aromatic N) is 3. The standard InChI is InChI=1S/C20H26FN3O5S/c1-27-14-18-22-19(29-23-18)11-15-5-10-28-20(13-15)6-8-24(9-7-20)30(25,26)17-4-2-3-16(21)12-17/h2-4,12,15H,5-11,13-14H2,1H3. The Kier molecular flexibility index (Phi) is 6.19. The first kappa shape index (κ1) is 21.4. The van der Waals surface area contributed by atoms with Crippen molar-refractivity contribution in [1.29, 1.82) is 0 Å². The first-order valence-corrected chi connectivity index (χ1v) is 11.5. The van der Waals surface area contributed by atoms with E-state index in [9.17, 15) is 12.8 Å². The molecule has 10 heteroatoms. The molecule has 2 fully saturated rings. The van der Waals surface area contributed by atoms with Gasteiger partial charge in [-0.25, -0.2) is 12.8 Å². The Morgan fingerprint density at radius 2 is 2.13 bits per heavy atom. The summed E-state index contributed by atoms with van der Waals surface area (Å²) in [4.78, 5) is 4.34. The van der Waals surface area contributed by atoms with E-state index in [1.807, 2.05) is 0 Å². The Morgan fingerprint density at radius 3 is 2.87 bits per heavy atom. The van der Waals surface area contributed by atoms with Gasteiger partial charge in [0.1, 0.15) is 12.4 Å². The molecule has 30 heavy (non-hydrogen) atoms. The topological polar surface area (TPSA) is 94.8 Å². The van der Waals surface area contributed by atoms with Gasteiger partial charge in [0.05, 0.1) is 10.5 Å². The molecule has 1 aromatic heterocycles. The number of rotatable bonds is 6. The molecule has 0 bridgehead atoms. The summed E-state index contributed by atoms with van der Waals surface area (Å²) in [6.45, 7) is 1.64. The lowest BCUT2D eigenvalue weighted by atomic mass is 9.79. The predicted octanol–water partition coefficient (Wildman–Crippen LogP) is 2.55. The number of halogens is 1. The number of sulfonamides is 1. The molecule has 164 valence electrons. The molecule has 1 spiro atoms. The zero-order valence-electron chi connectivity index (χ0n) is 16.9. The Bertz CT molecular complexity index is 972. The normalized spacial score (nSPS) is 22.4. The van der Waals surface area contributed by atoms with Crippen LogP contribution < -0.4 is 0 Å². The smallest absolute Gasteiger partial charge is 0.243 e. The number of piperidine rings is 1. The van der Waals surface area contributed by atoms with Gasteiger partial charge in [0.15, 0.2) is 5.82 Å². The Labute approximate surface area is 175 Å². The van der Waals surface area contributed by atoms with Crippen molar-refractivity contribution in [2.24, 2.45) is 5.92 Å². The second kappa shape index (κ2) is 8.70. The second-order valence-corrected chi connectivity index (χ2v) is 9.93. The average Bonchev–Trinajstić information content (AvgIpc) is 3.16. The maximum atomic E-state index is 13.5. The summed E-state index contributed by atoms with van der Waals surface area (Å²) in [6, 6.07) is 5.15. The number of methoxy groups -OCH3 is 1. The summed E-state index contributed by atoms with van der Waals surface area (Å²) in [5.74, 6) is 0.902. The van der Waals surface area contributed by atoms with Crippen LogP contribution in [-0.2, 0) is 32.5 Å². The number of aromatic nitrogens is 2. The molecule has 0 aliphatic carbocycles. The molecule has 3 heterocycles. The molecule has 1 atom stereocenters. The Balaban J connectivity index is 1.38. The summed E-state index contributed by atoms with van der Waals surface area (Å²) in [7, 11) is -2.13. The second-order valence-electron chi connectivity index (χ2n) is 7.99. The van der Waals surface area contributed by atoms with E-state index in [-0.39, 0.29) is 10.5 Å². The molecule has 0 amide bonds. The van der Waals surface area contributed by atoms with Gasteiger partial charge in [0.2, 0.25) is 15.9 Å². The molecule has 1 unspecified atom stereocenters. The van der Waals surface area contributed by atoms with Crippen LogP contribution in [-0.4, -0.2) is 55.3 Å². The van der Waals surface area contributed by atoms with Crippen LogP contribution in [0.3, 0.4) is 0 Å². The van der Waals surface area contributed by atoms with Gasteiger partial charge in [0.25, 0.3) is 0 Å². The Morgan fingerprint density at radius 1 is 1.33 bits per heavy atom. The van der Waals surface area contributed by atoms with Crippen molar-refractivity contribution in [1.82, 2.24) is 14.4 Å². The van der Waals surface area contributed by atoms with Crippen molar-refractivity contribution in [3.8, 4) is 0 Å². The summed E-state index contributed by atoms with van der Waals surface area (Å²) in [5.41, 5.74) is -0.341. The first-order chi connectivity index (χ1) is 14.4. The van der Waals surface area contributed by atoms with Crippen molar-refractivity contribution in [3.05, 3.63) is 41.8 Å². The van der Waals surface area contributed by atoms with Crippen LogP contribution in [0.15, 0.2) is 33.7 Å². The van der Waals surface area contributed by atoms with E-state index in [2.05, 4.69) is 10.1 Å². The fraction of sp³-hybridized carbons (Fsp3) is 0.600. The third kappa shape index (κ3) is 4.56. The van der Waals surface area contributed by atoms with Gasteiger partial charge in [-0.1, -0.05) is 11.2 Å². The summed E-state index contributed by atoms with van der Waals surface area (Å²) in [6.07, 6.45) is 3.61.